The van der Waals surface area contributed by atoms with E-state index in [0.29, 0.717) is 0 Å². The van der Waals surface area contributed by atoms with Crippen molar-refractivity contribution in [2.75, 3.05) is 21.3 Å². The smallest absolute Gasteiger partial charge is 0.308 e. The fourth-order valence-electron chi connectivity index (χ4n) is 1.66. The van der Waals surface area contributed by atoms with Crippen molar-refractivity contribution >= 4 is 12.3 Å². The Morgan fingerprint density at radius 1 is 1.13 bits per heavy atom. The first-order valence-corrected chi connectivity index (χ1v) is 5.12. The third kappa shape index (κ3) is 5.52. The largest absolute Gasteiger partial charge is 0.469 e. The molecule has 4 nitrogen and oxygen atoms in total. The van der Waals surface area contributed by atoms with E-state index in [1.54, 1.807) is 14.2 Å². The minimum atomic E-state index is -0.126. The van der Waals surface area contributed by atoms with Gasteiger partial charge in [0.25, 0.3) is 0 Å². The van der Waals surface area contributed by atoms with E-state index in [9.17, 15) is 9.59 Å². The molecule has 0 amide bonds. The predicted molar refractivity (Wildman–Crippen MR) is 56.5 cm³/mol. The zero-order chi connectivity index (χ0) is 11.7. The van der Waals surface area contributed by atoms with Crippen LogP contribution in [0.2, 0.25) is 0 Å². The highest BCUT2D eigenvalue weighted by molar-refractivity contribution is 5.72. The Labute approximate surface area is 90.9 Å². The number of esters is 1. The molecule has 1 aliphatic carbocycles. The highest BCUT2D eigenvalue weighted by atomic mass is 16.5. The standard InChI is InChI=1S/C9H14O3.C2H6O/c1-12-9(11)8-4-2-7(6-10)3-5-8;1-3-2/h6-8H,2-5H2,1H3;1-2H3. The Hall–Kier alpha value is -0.900. The monoisotopic (exact) mass is 216 g/mol. The number of carbonyl (C=O) groups excluding carboxylic acids is 2. The van der Waals surface area contributed by atoms with Crippen LogP contribution in [0, 0.1) is 11.8 Å². The maximum Gasteiger partial charge on any atom is 0.308 e. The molecule has 0 saturated heterocycles. The Balaban J connectivity index is 0.000000583. The Morgan fingerprint density at radius 2 is 1.60 bits per heavy atom. The second-order valence-corrected chi connectivity index (χ2v) is 3.68. The van der Waals surface area contributed by atoms with Crippen LogP contribution in [0.4, 0.5) is 0 Å². The molecule has 0 unspecified atom stereocenters. The summed E-state index contributed by atoms with van der Waals surface area (Å²) >= 11 is 0. The van der Waals surface area contributed by atoms with Crippen molar-refractivity contribution in [3.63, 3.8) is 0 Å². The maximum atomic E-state index is 11.1. The normalized spacial score (nSPS) is 24.7. The third-order valence-electron chi connectivity index (χ3n) is 2.50. The van der Waals surface area contributed by atoms with E-state index in [2.05, 4.69) is 9.47 Å². The summed E-state index contributed by atoms with van der Waals surface area (Å²) < 4.78 is 8.88. The van der Waals surface area contributed by atoms with Gasteiger partial charge < -0.3 is 14.3 Å². The van der Waals surface area contributed by atoms with Crippen molar-refractivity contribution in [3.8, 4) is 0 Å². The van der Waals surface area contributed by atoms with Gasteiger partial charge in [0.1, 0.15) is 6.29 Å². The zero-order valence-corrected chi connectivity index (χ0v) is 9.69. The molecular weight excluding hydrogens is 196 g/mol. The van der Waals surface area contributed by atoms with Crippen LogP contribution in [0.15, 0.2) is 0 Å². The summed E-state index contributed by atoms with van der Waals surface area (Å²) in [7, 11) is 4.66. The summed E-state index contributed by atoms with van der Waals surface area (Å²) in [6.45, 7) is 0. The molecule has 1 fully saturated rings. The van der Waals surface area contributed by atoms with Gasteiger partial charge in [-0.2, -0.15) is 0 Å². The summed E-state index contributed by atoms with van der Waals surface area (Å²) in [6.07, 6.45) is 4.27. The SMILES string of the molecule is COC.COC(=O)C1CCC(C=O)CC1. The topological polar surface area (TPSA) is 52.6 Å². The van der Waals surface area contributed by atoms with E-state index < -0.39 is 0 Å². The Kier molecular flexibility index (Phi) is 7.91. The molecule has 15 heavy (non-hydrogen) atoms. The van der Waals surface area contributed by atoms with Crippen molar-refractivity contribution in [2.45, 2.75) is 25.7 Å². The summed E-state index contributed by atoms with van der Waals surface area (Å²) in [5.74, 6) is 0.0801. The lowest BCUT2D eigenvalue weighted by atomic mass is 9.83. The van der Waals surface area contributed by atoms with E-state index >= 15 is 0 Å². The molecule has 0 N–H and O–H groups in total. The summed E-state index contributed by atoms with van der Waals surface area (Å²) in [4.78, 5) is 21.4. The predicted octanol–water partition coefficient (Wildman–Crippen LogP) is 1.43. The van der Waals surface area contributed by atoms with Gasteiger partial charge in [-0.1, -0.05) is 0 Å². The van der Waals surface area contributed by atoms with Crippen LogP contribution in [0.25, 0.3) is 0 Å². The highest BCUT2D eigenvalue weighted by Gasteiger charge is 2.26. The van der Waals surface area contributed by atoms with Crippen LogP contribution in [-0.2, 0) is 19.1 Å². The first-order chi connectivity index (χ1) is 7.19. The first kappa shape index (κ1) is 14.1. The molecule has 88 valence electrons. The minimum Gasteiger partial charge on any atom is -0.469 e. The summed E-state index contributed by atoms with van der Waals surface area (Å²) in [5, 5.41) is 0. The number of rotatable bonds is 2. The number of aldehydes is 1. The van der Waals surface area contributed by atoms with Crippen molar-refractivity contribution in [1.29, 1.82) is 0 Å². The Morgan fingerprint density at radius 3 is 1.93 bits per heavy atom. The van der Waals surface area contributed by atoms with Gasteiger partial charge in [-0.15, -0.1) is 0 Å². The van der Waals surface area contributed by atoms with Crippen LogP contribution in [-0.4, -0.2) is 33.6 Å². The van der Waals surface area contributed by atoms with E-state index in [1.165, 1.54) is 7.11 Å². The van der Waals surface area contributed by atoms with Crippen LogP contribution in [0.5, 0.6) is 0 Å². The first-order valence-electron chi connectivity index (χ1n) is 5.12. The molecular formula is C11H20O4. The average molecular weight is 216 g/mol. The molecule has 0 aromatic carbocycles. The van der Waals surface area contributed by atoms with Crippen LogP contribution in [0.3, 0.4) is 0 Å². The molecule has 0 aromatic rings. The van der Waals surface area contributed by atoms with Crippen molar-refractivity contribution in [2.24, 2.45) is 11.8 Å². The second kappa shape index (κ2) is 8.41. The molecule has 0 bridgehead atoms. The van der Waals surface area contributed by atoms with Crippen LogP contribution < -0.4 is 0 Å². The third-order valence-corrected chi connectivity index (χ3v) is 2.50. The lowest BCUT2D eigenvalue weighted by Crippen LogP contribution is -2.23. The molecule has 0 spiro atoms. The van der Waals surface area contributed by atoms with Gasteiger partial charge in [0, 0.05) is 20.1 Å². The fraction of sp³-hybridized carbons (Fsp3) is 0.818. The molecule has 1 saturated carbocycles. The van der Waals surface area contributed by atoms with E-state index in [0.717, 1.165) is 32.0 Å². The summed E-state index contributed by atoms with van der Waals surface area (Å²) in [5.41, 5.74) is 0. The molecule has 0 aliphatic heterocycles. The number of hydrogen-bond acceptors (Lipinski definition) is 4. The average Bonchev–Trinajstić information content (AvgIpc) is 2.29. The number of carbonyl (C=O) groups is 2. The molecule has 4 heteroatoms. The van der Waals surface area contributed by atoms with Gasteiger partial charge in [0.05, 0.1) is 13.0 Å². The maximum absolute atomic E-state index is 11.1. The number of ether oxygens (including phenoxy) is 2. The van der Waals surface area contributed by atoms with Crippen molar-refractivity contribution in [1.82, 2.24) is 0 Å². The van der Waals surface area contributed by atoms with Gasteiger partial charge >= 0.3 is 5.97 Å². The number of hydrogen-bond donors (Lipinski definition) is 0. The quantitative estimate of drug-likeness (QED) is 0.517. The molecule has 0 radical (unpaired) electrons. The summed E-state index contributed by atoms with van der Waals surface area (Å²) in [6, 6.07) is 0. The molecule has 0 atom stereocenters. The molecule has 0 aromatic heterocycles. The van der Waals surface area contributed by atoms with E-state index in [1.807, 2.05) is 0 Å². The van der Waals surface area contributed by atoms with Gasteiger partial charge in [-0.05, 0) is 25.7 Å². The molecule has 1 aliphatic rings. The van der Waals surface area contributed by atoms with E-state index in [-0.39, 0.29) is 17.8 Å². The highest BCUT2D eigenvalue weighted by Crippen LogP contribution is 2.27. The van der Waals surface area contributed by atoms with E-state index in [4.69, 9.17) is 0 Å². The van der Waals surface area contributed by atoms with Crippen molar-refractivity contribution in [3.05, 3.63) is 0 Å². The Bertz CT molecular complexity index is 183. The second-order valence-electron chi connectivity index (χ2n) is 3.68. The van der Waals surface area contributed by atoms with Gasteiger partial charge in [-0.25, -0.2) is 0 Å². The lowest BCUT2D eigenvalue weighted by molar-refractivity contribution is -0.147. The van der Waals surface area contributed by atoms with Gasteiger partial charge in [0.2, 0.25) is 0 Å². The van der Waals surface area contributed by atoms with Gasteiger partial charge in [0.15, 0.2) is 0 Å². The van der Waals surface area contributed by atoms with Crippen molar-refractivity contribution < 1.29 is 19.1 Å². The number of methoxy groups -OCH3 is 2. The minimum absolute atomic E-state index is 0.0335. The zero-order valence-electron chi connectivity index (χ0n) is 9.69. The van der Waals surface area contributed by atoms with Gasteiger partial charge in [-0.3, -0.25) is 4.79 Å². The lowest BCUT2D eigenvalue weighted by Gasteiger charge is -2.22. The molecule has 1 rings (SSSR count). The molecule has 0 heterocycles. The van der Waals surface area contributed by atoms with Crippen LogP contribution >= 0.6 is 0 Å². The fourth-order valence-corrected chi connectivity index (χ4v) is 1.66. The van der Waals surface area contributed by atoms with Crippen LogP contribution in [0.1, 0.15) is 25.7 Å².